The Morgan fingerprint density at radius 2 is 0.808 bits per heavy atom. The van der Waals surface area contributed by atoms with Crippen LogP contribution in [0.4, 0.5) is 0 Å². The molecule has 0 aromatic rings. The molecular weight excluding hydrogens is 324 g/mol. The first-order valence-corrected chi connectivity index (χ1v) is 10.4. The van der Waals surface area contributed by atoms with Crippen molar-refractivity contribution < 1.29 is 9.59 Å². The standard InChI is InChI=1S/C22H40N2O2/c1-19(2)13-9-14-20(3,4)23(19)17(25)11-12-18(26)24-21(5,6)15-10-16-22(24,7)8/h9-16H2,1-8H3. The third kappa shape index (κ3) is 4.09. The van der Waals surface area contributed by atoms with E-state index in [9.17, 15) is 9.59 Å². The third-order valence-electron chi connectivity index (χ3n) is 6.63. The molecule has 2 saturated heterocycles. The summed E-state index contributed by atoms with van der Waals surface area (Å²) in [4.78, 5) is 30.3. The summed E-state index contributed by atoms with van der Waals surface area (Å²) in [6, 6.07) is 0. The normalized spacial score (nSPS) is 26.5. The Labute approximate surface area is 160 Å². The zero-order valence-corrected chi connectivity index (χ0v) is 18.4. The molecule has 4 heteroatoms. The summed E-state index contributed by atoms with van der Waals surface area (Å²) in [5.41, 5.74) is -0.534. The fourth-order valence-corrected chi connectivity index (χ4v) is 5.78. The highest BCUT2D eigenvalue weighted by Gasteiger charge is 2.46. The summed E-state index contributed by atoms with van der Waals surface area (Å²) in [6.45, 7) is 17.3. The number of hydrogen-bond donors (Lipinski definition) is 0. The molecule has 0 radical (unpaired) electrons. The van der Waals surface area contributed by atoms with E-state index in [-0.39, 0.29) is 34.0 Å². The Hall–Kier alpha value is -1.06. The molecular formula is C22H40N2O2. The number of carbonyl (C=O) groups excluding carboxylic acids is 2. The fourth-order valence-electron chi connectivity index (χ4n) is 5.78. The van der Waals surface area contributed by atoms with Crippen molar-refractivity contribution in [2.45, 2.75) is 129 Å². The van der Waals surface area contributed by atoms with Crippen molar-refractivity contribution in [3.8, 4) is 0 Å². The van der Waals surface area contributed by atoms with Crippen molar-refractivity contribution in [2.24, 2.45) is 0 Å². The summed E-state index contributed by atoms with van der Waals surface area (Å²) in [5.74, 6) is 0.251. The van der Waals surface area contributed by atoms with Gasteiger partial charge in [0.15, 0.2) is 0 Å². The van der Waals surface area contributed by atoms with Gasteiger partial charge in [0.25, 0.3) is 0 Å². The van der Waals surface area contributed by atoms with Gasteiger partial charge in [0, 0.05) is 35.0 Å². The van der Waals surface area contributed by atoms with Gasteiger partial charge in [-0.05, 0) is 93.9 Å². The lowest BCUT2D eigenvalue weighted by Crippen LogP contribution is -2.62. The first-order valence-electron chi connectivity index (χ1n) is 10.4. The van der Waals surface area contributed by atoms with Gasteiger partial charge in [0.05, 0.1) is 0 Å². The molecule has 2 aliphatic heterocycles. The number of hydrogen-bond acceptors (Lipinski definition) is 2. The average molecular weight is 365 g/mol. The van der Waals surface area contributed by atoms with Gasteiger partial charge >= 0.3 is 0 Å². The van der Waals surface area contributed by atoms with E-state index in [0.717, 1.165) is 38.5 Å². The van der Waals surface area contributed by atoms with Crippen LogP contribution in [0.15, 0.2) is 0 Å². The SMILES string of the molecule is CC1(C)CCCC(C)(C)N1C(=O)CCC(=O)N1C(C)(C)CCCC1(C)C. The van der Waals surface area contributed by atoms with Gasteiger partial charge < -0.3 is 9.80 Å². The van der Waals surface area contributed by atoms with Crippen molar-refractivity contribution in [2.75, 3.05) is 0 Å². The van der Waals surface area contributed by atoms with E-state index in [1.807, 2.05) is 0 Å². The smallest absolute Gasteiger partial charge is 0.223 e. The van der Waals surface area contributed by atoms with Crippen molar-refractivity contribution in [3.05, 3.63) is 0 Å². The van der Waals surface area contributed by atoms with Crippen molar-refractivity contribution in [1.82, 2.24) is 9.80 Å². The summed E-state index contributed by atoms with van der Waals surface area (Å²) >= 11 is 0. The molecule has 4 nitrogen and oxygen atoms in total. The average Bonchev–Trinajstić information content (AvgIpc) is 2.40. The lowest BCUT2D eigenvalue weighted by Gasteiger charge is -2.54. The summed E-state index contributed by atoms with van der Waals surface area (Å²) in [5, 5.41) is 0. The zero-order chi connectivity index (χ0) is 20.0. The van der Waals surface area contributed by atoms with Crippen LogP contribution in [0.2, 0.25) is 0 Å². The minimum absolute atomic E-state index is 0.126. The number of rotatable bonds is 3. The molecule has 0 saturated carbocycles. The van der Waals surface area contributed by atoms with Crippen molar-refractivity contribution in [3.63, 3.8) is 0 Å². The van der Waals surface area contributed by atoms with Gasteiger partial charge in [0.2, 0.25) is 11.8 Å². The van der Waals surface area contributed by atoms with Crippen LogP contribution in [-0.2, 0) is 9.59 Å². The van der Waals surface area contributed by atoms with Crippen LogP contribution < -0.4 is 0 Å². The quantitative estimate of drug-likeness (QED) is 0.714. The van der Waals surface area contributed by atoms with E-state index in [4.69, 9.17) is 0 Å². The molecule has 0 spiro atoms. The van der Waals surface area contributed by atoms with Gasteiger partial charge in [-0.1, -0.05) is 0 Å². The van der Waals surface area contributed by atoms with Gasteiger partial charge in [-0.2, -0.15) is 0 Å². The minimum Gasteiger partial charge on any atom is -0.332 e. The van der Waals surface area contributed by atoms with Crippen molar-refractivity contribution >= 4 is 11.8 Å². The number of amides is 2. The summed E-state index contributed by atoms with van der Waals surface area (Å²) in [7, 11) is 0. The molecule has 2 heterocycles. The Balaban J connectivity index is 2.09. The Bertz CT molecular complexity index is 478. The number of likely N-dealkylation sites (tertiary alicyclic amines) is 2. The zero-order valence-electron chi connectivity index (χ0n) is 18.4. The maximum Gasteiger partial charge on any atom is 0.223 e. The molecule has 0 aromatic carbocycles. The Morgan fingerprint density at radius 1 is 0.577 bits per heavy atom. The van der Waals surface area contributed by atoms with Crippen LogP contribution in [0, 0.1) is 0 Å². The molecule has 0 atom stereocenters. The molecule has 0 unspecified atom stereocenters. The summed E-state index contributed by atoms with van der Waals surface area (Å²) < 4.78 is 0. The number of piperidine rings is 2. The first-order chi connectivity index (χ1) is 11.7. The van der Waals surface area contributed by atoms with E-state index in [1.165, 1.54) is 0 Å². The molecule has 2 amide bonds. The largest absolute Gasteiger partial charge is 0.332 e. The van der Waals surface area contributed by atoms with E-state index in [1.54, 1.807) is 0 Å². The first kappa shape index (κ1) is 21.2. The highest BCUT2D eigenvalue weighted by molar-refractivity contribution is 5.85. The molecule has 0 aromatic heterocycles. The Kier molecular flexibility index (Phi) is 5.58. The molecule has 26 heavy (non-hydrogen) atoms. The van der Waals surface area contributed by atoms with Gasteiger partial charge in [-0.3, -0.25) is 9.59 Å². The van der Waals surface area contributed by atoms with Gasteiger partial charge in [-0.15, -0.1) is 0 Å². The maximum absolute atomic E-state index is 13.1. The van der Waals surface area contributed by atoms with E-state index in [2.05, 4.69) is 65.2 Å². The van der Waals surface area contributed by atoms with Crippen LogP contribution in [0.5, 0.6) is 0 Å². The van der Waals surface area contributed by atoms with E-state index >= 15 is 0 Å². The highest BCUT2D eigenvalue weighted by atomic mass is 16.2. The van der Waals surface area contributed by atoms with Crippen LogP contribution in [0.1, 0.15) is 107 Å². The third-order valence-corrected chi connectivity index (χ3v) is 6.63. The lowest BCUT2D eigenvalue weighted by molar-refractivity contribution is -0.155. The molecule has 2 aliphatic rings. The Morgan fingerprint density at radius 3 is 1.04 bits per heavy atom. The van der Waals surface area contributed by atoms with E-state index in [0.29, 0.717) is 12.8 Å². The molecule has 0 N–H and O–H groups in total. The molecule has 150 valence electrons. The predicted octanol–water partition coefficient (Wildman–Crippen LogP) is 4.91. The van der Waals surface area contributed by atoms with Crippen LogP contribution in [0.25, 0.3) is 0 Å². The van der Waals surface area contributed by atoms with Crippen LogP contribution in [-0.4, -0.2) is 43.8 Å². The topological polar surface area (TPSA) is 40.6 Å². The molecule has 0 bridgehead atoms. The number of carbonyl (C=O) groups is 2. The minimum atomic E-state index is -0.133. The van der Waals surface area contributed by atoms with Crippen LogP contribution in [0.3, 0.4) is 0 Å². The second-order valence-electron chi connectivity index (χ2n) is 10.9. The second kappa shape index (κ2) is 6.83. The summed E-state index contributed by atoms with van der Waals surface area (Å²) in [6.07, 6.45) is 7.05. The highest BCUT2D eigenvalue weighted by Crippen LogP contribution is 2.40. The fraction of sp³-hybridized carbons (Fsp3) is 0.909. The number of nitrogens with zero attached hydrogens (tertiary/aromatic N) is 2. The second-order valence-corrected chi connectivity index (χ2v) is 10.9. The molecule has 2 rings (SSSR count). The predicted molar refractivity (Wildman–Crippen MR) is 107 cm³/mol. The van der Waals surface area contributed by atoms with Crippen LogP contribution >= 0.6 is 0 Å². The molecule has 0 aliphatic carbocycles. The molecule has 2 fully saturated rings. The van der Waals surface area contributed by atoms with E-state index < -0.39 is 0 Å². The monoisotopic (exact) mass is 364 g/mol. The van der Waals surface area contributed by atoms with Gasteiger partial charge in [-0.25, -0.2) is 0 Å². The van der Waals surface area contributed by atoms with Gasteiger partial charge in [0.1, 0.15) is 0 Å². The van der Waals surface area contributed by atoms with Crippen molar-refractivity contribution in [1.29, 1.82) is 0 Å². The lowest BCUT2D eigenvalue weighted by atomic mass is 9.79. The maximum atomic E-state index is 13.1.